The van der Waals surface area contributed by atoms with Crippen LogP contribution in [-0.2, 0) is 0 Å². The summed E-state index contributed by atoms with van der Waals surface area (Å²) in [5.74, 6) is -0.355. The molecule has 0 saturated carbocycles. The molecule has 3 aromatic carbocycles. The van der Waals surface area contributed by atoms with Crippen LogP contribution < -0.4 is 5.43 Å². The van der Waals surface area contributed by atoms with Gasteiger partial charge in [0, 0.05) is 16.0 Å². The molecular weight excluding hydrogens is 396 g/mol. The van der Waals surface area contributed by atoms with E-state index in [9.17, 15) is 4.79 Å². The van der Waals surface area contributed by atoms with Gasteiger partial charge in [0.15, 0.2) is 0 Å². The maximum absolute atomic E-state index is 12.9. The number of pyridine rings is 1. The Kier molecular flexibility index (Phi) is 5.51. The molecule has 0 aliphatic carbocycles. The van der Waals surface area contributed by atoms with Crippen molar-refractivity contribution in [3.8, 4) is 17.3 Å². The molecule has 1 N–H and O–H groups in total. The summed E-state index contributed by atoms with van der Waals surface area (Å²) in [6, 6.07) is 25.5. The lowest BCUT2D eigenvalue weighted by Crippen LogP contribution is -2.18. The van der Waals surface area contributed by atoms with Crippen LogP contribution in [0.5, 0.6) is 0 Å². The molecule has 0 unspecified atom stereocenters. The number of carbonyl (C=O) groups excluding carboxylic acids is 1. The minimum atomic E-state index is -0.355. The number of amides is 1. The third-order valence-corrected chi connectivity index (χ3v) is 4.86. The van der Waals surface area contributed by atoms with Gasteiger partial charge in [0.2, 0.25) is 0 Å². The predicted octanol–water partition coefficient (Wildman–Crippen LogP) is 5.19. The van der Waals surface area contributed by atoms with Crippen molar-refractivity contribution in [2.24, 2.45) is 5.10 Å². The van der Waals surface area contributed by atoms with E-state index in [1.807, 2.05) is 42.5 Å². The average molecular weight is 411 g/mol. The van der Waals surface area contributed by atoms with E-state index in [2.05, 4.69) is 21.6 Å². The molecule has 30 heavy (non-hydrogen) atoms. The molecule has 144 valence electrons. The summed E-state index contributed by atoms with van der Waals surface area (Å²) in [7, 11) is 0. The third kappa shape index (κ3) is 4.04. The van der Waals surface area contributed by atoms with Crippen molar-refractivity contribution in [2.45, 2.75) is 0 Å². The summed E-state index contributed by atoms with van der Waals surface area (Å²) in [6.07, 6.45) is 1.53. The van der Waals surface area contributed by atoms with Crippen molar-refractivity contribution >= 4 is 34.6 Å². The maximum atomic E-state index is 12.9. The Morgan fingerprint density at radius 2 is 1.77 bits per heavy atom. The van der Waals surface area contributed by atoms with Crippen LogP contribution in [0.2, 0.25) is 5.02 Å². The summed E-state index contributed by atoms with van der Waals surface area (Å²) in [4.78, 5) is 17.6. The molecule has 6 heteroatoms. The maximum Gasteiger partial charge on any atom is 0.272 e. The number of carbonyl (C=O) groups is 1. The first kappa shape index (κ1) is 19.3. The molecule has 4 rings (SSSR count). The Balaban J connectivity index is 1.66. The van der Waals surface area contributed by atoms with Crippen LogP contribution in [0.4, 0.5) is 0 Å². The predicted molar refractivity (Wildman–Crippen MR) is 118 cm³/mol. The lowest BCUT2D eigenvalue weighted by molar-refractivity contribution is 0.0956. The lowest BCUT2D eigenvalue weighted by Gasteiger charge is -2.10. The second-order valence-corrected chi connectivity index (χ2v) is 6.89. The van der Waals surface area contributed by atoms with Gasteiger partial charge in [0.05, 0.1) is 34.6 Å². The van der Waals surface area contributed by atoms with E-state index < -0.39 is 0 Å². The number of nitriles is 1. The van der Waals surface area contributed by atoms with E-state index in [0.29, 0.717) is 27.4 Å². The Morgan fingerprint density at radius 3 is 2.53 bits per heavy atom. The fourth-order valence-corrected chi connectivity index (χ4v) is 3.27. The number of rotatable bonds is 4. The van der Waals surface area contributed by atoms with Gasteiger partial charge in [0.1, 0.15) is 0 Å². The summed E-state index contributed by atoms with van der Waals surface area (Å²) >= 11 is 6.33. The fourth-order valence-electron chi connectivity index (χ4n) is 3.04. The van der Waals surface area contributed by atoms with Gasteiger partial charge in [-0.3, -0.25) is 4.79 Å². The molecule has 4 aromatic rings. The SMILES string of the molecule is N#Cc1ccc(/C=N/NC(=O)c2cc(-c3ccccc3Cl)nc3ccccc23)cc1. The number of para-hydroxylation sites is 1. The van der Waals surface area contributed by atoms with Crippen LogP contribution >= 0.6 is 11.6 Å². The molecule has 0 radical (unpaired) electrons. The van der Waals surface area contributed by atoms with E-state index in [1.54, 1.807) is 36.4 Å². The monoisotopic (exact) mass is 410 g/mol. The van der Waals surface area contributed by atoms with Crippen molar-refractivity contribution in [2.75, 3.05) is 0 Å². The minimum absolute atomic E-state index is 0.355. The molecule has 0 atom stereocenters. The van der Waals surface area contributed by atoms with Crippen LogP contribution in [0, 0.1) is 11.3 Å². The van der Waals surface area contributed by atoms with Gasteiger partial charge in [-0.1, -0.05) is 60.1 Å². The van der Waals surface area contributed by atoms with E-state index in [1.165, 1.54) is 6.21 Å². The van der Waals surface area contributed by atoms with Gasteiger partial charge in [0.25, 0.3) is 5.91 Å². The van der Waals surface area contributed by atoms with Crippen molar-refractivity contribution < 1.29 is 4.79 Å². The number of halogens is 1. The number of fused-ring (bicyclic) bond motifs is 1. The van der Waals surface area contributed by atoms with Gasteiger partial charge in [-0.2, -0.15) is 10.4 Å². The second-order valence-electron chi connectivity index (χ2n) is 6.48. The highest BCUT2D eigenvalue weighted by Crippen LogP contribution is 2.29. The number of hydrogen-bond acceptors (Lipinski definition) is 4. The number of hydrazone groups is 1. The third-order valence-electron chi connectivity index (χ3n) is 4.53. The smallest absolute Gasteiger partial charge is 0.267 e. The second kappa shape index (κ2) is 8.56. The highest BCUT2D eigenvalue weighted by molar-refractivity contribution is 6.33. The van der Waals surface area contributed by atoms with Gasteiger partial charge in [-0.15, -0.1) is 0 Å². The highest BCUT2D eigenvalue weighted by Gasteiger charge is 2.14. The van der Waals surface area contributed by atoms with Gasteiger partial charge in [-0.25, -0.2) is 10.4 Å². The molecule has 0 spiro atoms. The van der Waals surface area contributed by atoms with Gasteiger partial charge in [-0.05, 0) is 35.9 Å². The zero-order chi connectivity index (χ0) is 20.9. The van der Waals surface area contributed by atoms with Crippen LogP contribution in [0.1, 0.15) is 21.5 Å². The van der Waals surface area contributed by atoms with Crippen molar-refractivity contribution in [3.63, 3.8) is 0 Å². The average Bonchev–Trinajstić information content (AvgIpc) is 2.79. The number of nitrogens with one attached hydrogen (secondary N) is 1. The Labute approximate surface area is 178 Å². The van der Waals surface area contributed by atoms with E-state index in [-0.39, 0.29) is 5.91 Å². The number of benzene rings is 3. The summed E-state index contributed by atoms with van der Waals surface area (Å²) in [6.45, 7) is 0. The first-order chi connectivity index (χ1) is 14.7. The molecule has 5 nitrogen and oxygen atoms in total. The quantitative estimate of drug-likeness (QED) is 0.371. The summed E-state index contributed by atoms with van der Waals surface area (Å²) in [5.41, 5.74) is 6.40. The van der Waals surface area contributed by atoms with Crippen LogP contribution in [0.25, 0.3) is 22.2 Å². The molecule has 1 amide bonds. The van der Waals surface area contributed by atoms with Crippen LogP contribution in [0.3, 0.4) is 0 Å². The van der Waals surface area contributed by atoms with Crippen LogP contribution in [0.15, 0.2) is 84.0 Å². The molecular formula is C24H15ClN4O. The summed E-state index contributed by atoms with van der Waals surface area (Å²) in [5, 5.41) is 14.2. The van der Waals surface area contributed by atoms with Crippen molar-refractivity contribution in [1.82, 2.24) is 10.4 Å². The molecule has 0 aliphatic heterocycles. The fraction of sp³-hybridized carbons (Fsp3) is 0. The number of aromatic nitrogens is 1. The van der Waals surface area contributed by atoms with Crippen LogP contribution in [-0.4, -0.2) is 17.1 Å². The molecule has 1 aromatic heterocycles. The Morgan fingerprint density at radius 1 is 1.03 bits per heavy atom. The molecule has 0 saturated heterocycles. The topological polar surface area (TPSA) is 78.1 Å². The molecule has 1 heterocycles. The van der Waals surface area contributed by atoms with E-state index >= 15 is 0 Å². The standard InChI is InChI=1S/C24H15ClN4O/c25-21-7-3-1-6-19(21)23-13-20(18-5-2-4-8-22(18)28-23)24(30)29-27-15-17-11-9-16(14-26)10-12-17/h1-13,15H,(H,29,30)/b27-15+. The van der Waals surface area contributed by atoms with E-state index in [4.69, 9.17) is 16.9 Å². The summed E-state index contributed by atoms with van der Waals surface area (Å²) < 4.78 is 0. The first-order valence-corrected chi connectivity index (χ1v) is 9.52. The lowest BCUT2D eigenvalue weighted by atomic mass is 10.0. The largest absolute Gasteiger partial charge is 0.272 e. The normalized spacial score (nSPS) is 10.8. The zero-order valence-corrected chi connectivity index (χ0v) is 16.5. The van der Waals surface area contributed by atoms with E-state index in [0.717, 1.165) is 16.5 Å². The van der Waals surface area contributed by atoms with Crippen molar-refractivity contribution in [3.05, 3.63) is 101 Å². The van der Waals surface area contributed by atoms with Gasteiger partial charge >= 0.3 is 0 Å². The number of nitrogens with zero attached hydrogens (tertiary/aromatic N) is 3. The first-order valence-electron chi connectivity index (χ1n) is 9.14. The molecule has 0 bridgehead atoms. The molecule has 0 fully saturated rings. The Bertz CT molecular complexity index is 1310. The molecule has 0 aliphatic rings. The van der Waals surface area contributed by atoms with Gasteiger partial charge < -0.3 is 0 Å². The zero-order valence-electron chi connectivity index (χ0n) is 15.7. The highest BCUT2D eigenvalue weighted by atomic mass is 35.5. The minimum Gasteiger partial charge on any atom is -0.267 e. The number of hydrogen-bond donors (Lipinski definition) is 1. The Hall–Kier alpha value is -4.01. The van der Waals surface area contributed by atoms with Crippen molar-refractivity contribution in [1.29, 1.82) is 5.26 Å².